The maximum Gasteiger partial charge on any atom is 0.192 e. The molecule has 0 radical (unpaired) electrons. The topological polar surface area (TPSA) is 26.5 Å². The van der Waals surface area contributed by atoms with Gasteiger partial charge in [-0.3, -0.25) is 0 Å². The van der Waals surface area contributed by atoms with Gasteiger partial charge in [0.15, 0.2) is 8.32 Å². The summed E-state index contributed by atoms with van der Waals surface area (Å²) in [4.78, 5) is 0. The van der Waals surface area contributed by atoms with Crippen LogP contribution in [-0.2, 0) is 11.0 Å². The van der Waals surface area contributed by atoms with Crippen LogP contribution in [0.15, 0.2) is 18.3 Å². The van der Waals surface area contributed by atoms with Crippen LogP contribution in [0.5, 0.6) is 0 Å². The lowest BCUT2D eigenvalue weighted by Crippen LogP contribution is -2.40. The Kier molecular flexibility index (Phi) is 4.28. The molecule has 0 saturated heterocycles. The van der Waals surface area contributed by atoms with Crippen molar-refractivity contribution < 1.29 is 8.82 Å². The van der Waals surface area contributed by atoms with E-state index in [1.807, 2.05) is 0 Å². The normalized spacial score (nSPS) is 13.2. The second-order valence-electron chi connectivity index (χ2n) is 6.48. The second-order valence-corrected chi connectivity index (χ2v) is 12.4. The highest BCUT2D eigenvalue weighted by atomic mass is 127. The van der Waals surface area contributed by atoms with Crippen molar-refractivity contribution in [3.63, 3.8) is 0 Å². The maximum atomic E-state index is 13.3. The molecule has 2 heterocycles. The maximum absolute atomic E-state index is 13.3. The van der Waals surface area contributed by atoms with E-state index in [1.54, 1.807) is 10.7 Å². The van der Waals surface area contributed by atoms with Crippen molar-refractivity contribution >= 4 is 36.4 Å². The number of halogens is 2. The van der Waals surface area contributed by atoms with E-state index >= 15 is 0 Å². The van der Waals surface area contributed by atoms with E-state index < -0.39 is 8.32 Å². The van der Waals surface area contributed by atoms with Gasteiger partial charge in [-0.2, -0.15) is 5.10 Å². The van der Waals surface area contributed by atoms with Crippen LogP contribution in [0.2, 0.25) is 18.1 Å². The molecule has 0 atom stereocenters. The monoisotopic (exact) mass is 406 g/mol. The fraction of sp³-hybridized carbons (Fsp3) is 0.500. The van der Waals surface area contributed by atoms with Crippen molar-refractivity contribution in [2.45, 2.75) is 45.5 Å². The van der Waals surface area contributed by atoms with Crippen molar-refractivity contribution in [1.82, 2.24) is 9.61 Å². The van der Waals surface area contributed by atoms with Gasteiger partial charge in [0.05, 0.1) is 15.7 Å². The van der Waals surface area contributed by atoms with E-state index in [1.165, 1.54) is 12.1 Å². The minimum atomic E-state index is -1.80. The number of pyridine rings is 1. The Balaban J connectivity index is 2.25. The Bertz CT molecular complexity index is 634. The van der Waals surface area contributed by atoms with Gasteiger partial charge in [-0.25, -0.2) is 8.91 Å². The highest BCUT2D eigenvalue weighted by molar-refractivity contribution is 14.1. The molecule has 2 aromatic rings. The zero-order valence-corrected chi connectivity index (χ0v) is 15.7. The molecule has 2 aromatic heterocycles. The SMILES string of the molecule is CC(C)(C)[Si](C)(C)OCc1nn2ccc(F)cc2c1I. The summed E-state index contributed by atoms with van der Waals surface area (Å²) in [5.41, 5.74) is 1.67. The van der Waals surface area contributed by atoms with Gasteiger partial charge in [0.25, 0.3) is 0 Å². The largest absolute Gasteiger partial charge is 0.411 e. The molecule has 0 aliphatic rings. The first-order chi connectivity index (χ1) is 9.12. The Morgan fingerprint density at radius 1 is 1.40 bits per heavy atom. The molecule has 0 N–H and O–H groups in total. The molecular formula is C14H20FIN2OSi. The average Bonchev–Trinajstić information content (AvgIpc) is 2.63. The molecule has 3 nitrogen and oxygen atoms in total. The predicted molar refractivity (Wildman–Crippen MR) is 89.9 cm³/mol. The van der Waals surface area contributed by atoms with Crippen molar-refractivity contribution in [2.75, 3.05) is 0 Å². The van der Waals surface area contributed by atoms with Crippen LogP contribution >= 0.6 is 22.6 Å². The van der Waals surface area contributed by atoms with E-state index in [0.29, 0.717) is 6.61 Å². The number of hydrogen-bond acceptors (Lipinski definition) is 2. The van der Waals surface area contributed by atoms with Crippen molar-refractivity contribution in [3.8, 4) is 0 Å². The highest BCUT2D eigenvalue weighted by Crippen LogP contribution is 2.37. The van der Waals surface area contributed by atoms with Crippen molar-refractivity contribution in [3.05, 3.63) is 33.4 Å². The fourth-order valence-corrected chi connectivity index (χ4v) is 3.19. The van der Waals surface area contributed by atoms with Crippen LogP contribution in [-0.4, -0.2) is 17.9 Å². The first-order valence-corrected chi connectivity index (χ1v) is 10.6. The van der Waals surface area contributed by atoms with Crippen LogP contribution in [0.4, 0.5) is 4.39 Å². The third-order valence-electron chi connectivity index (χ3n) is 3.98. The number of hydrogen-bond donors (Lipinski definition) is 0. The van der Waals surface area contributed by atoms with Crippen LogP contribution in [0, 0.1) is 9.39 Å². The van der Waals surface area contributed by atoms with Gasteiger partial charge < -0.3 is 4.43 Å². The summed E-state index contributed by atoms with van der Waals surface area (Å²) in [5, 5.41) is 4.65. The fourth-order valence-electron chi connectivity index (χ4n) is 1.60. The lowest BCUT2D eigenvalue weighted by molar-refractivity contribution is 0.271. The molecule has 0 amide bonds. The third kappa shape index (κ3) is 3.06. The summed E-state index contributed by atoms with van der Waals surface area (Å²) in [7, 11) is -1.80. The molecule has 0 aliphatic heterocycles. The molecule has 20 heavy (non-hydrogen) atoms. The molecular weight excluding hydrogens is 386 g/mol. The molecule has 0 fully saturated rings. The number of nitrogens with zero attached hydrogens (tertiary/aromatic N) is 2. The summed E-state index contributed by atoms with van der Waals surface area (Å²) >= 11 is 2.21. The lowest BCUT2D eigenvalue weighted by atomic mass is 10.2. The summed E-state index contributed by atoms with van der Waals surface area (Å²) in [5.74, 6) is -0.243. The summed E-state index contributed by atoms with van der Waals surface area (Å²) in [6.07, 6.45) is 1.64. The first-order valence-electron chi connectivity index (χ1n) is 6.58. The lowest BCUT2D eigenvalue weighted by Gasteiger charge is -2.35. The van der Waals surface area contributed by atoms with E-state index in [-0.39, 0.29) is 10.9 Å². The number of rotatable bonds is 3. The number of fused-ring (bicyclic) bond motifs is 1. The van der Waals surface area contributed by atoms with Gasteiger partial charge in [0.2, 0.25) is 0 Å². The molecule has 2 rings (SSSR count). The Morgan fingerprint density at radius 2 is 2.05 bits per heavy atom. The van der Waals surface area contributed by atoms with Crippen molar-refractivity contribution in [1.29, 1.82) is 0 Å². The summed E-state index contributed by atoms with van der Waals surface area (Å²) in [6.45, 7) is 11.6. The zero-order chi connectivity index (χ0) is 15.1. The summed E-state index contributed by atoms with van der Waals surface area (Å²) in [6, 6.07) is 2.92. The van der Waals surface area contributed by atoms with Gasteiger partial charge >= 0.3 is 0 Å². The number of aromatic nitrogens is 2. The van der Waals surface area contributed by atoms with Gasteiger partial charge in [-0.05, 0) is 46.8 Å². The smallest absolute Gasteiger partial charge is 0.192 e. The Morgan fingerprint density at radius 3 is 2.65 bits per heavy atom. The molecule has 0 saturated carbocycles. The average molecular weight is 406 g/mol. The van der Waals surface area contributed by atoms with E-state index in [9.17, 15) is 4.39 Å². The first kappa shape index (κ1) is 15.9. The van der Waals surface area contributed by atoms with Crippen LogP contribution < -0.4 is 0 Å². The molecule has 0 spiro atoms. The van der Waals surface area contributed by atoms with Crippen LogP contribution in [0.3, 0.4) is 0 Å². The molecule has 0 aromatic carbocycles. The minimum absolute atomic E-state index is 0.170. The Labute approximate surface area is 133 Å². The Hall–Kier alpha value is -0.473. The summed E-state index contributed by atoms with van der Waals surface area (Å²) < 4.78 is 22.1. The standard InChI is InChI=1S/C14H20FIN2OSi/c1-14(2,3)20(4,5)19-9-11-13(16)12-8-10(15)6-7-18(12)17-11/h6-8H,9H2,1-5H3. The third-order valence-corrected chi connectivity index (χ3v) is 9.63. The van der Waals surface area contributed by atoms with Crippen LogP contribution in [0.25, 0.3) is 5.52 Å². The molecule has 6 heteroatoms. The van der Waals surface area contributed by atoms with Gasteiger partial charge in [-0.1, -0.05) is 20.8 Å². The quantitative estimate of drug-likeness (QED) is 0.550. The molecule has 0 bridgehead atoms. The zero-order valence-electron chi connectivity index (χ0n) is 12.5. The highest BCUT2D eigenvalue weighted by Gasteiger charge is 2.37. The van der Waals surface area contributed by atoms with Gasteiger partial charge in [0.1, 0.15) is 11.5 Å². The van der Waals surface area contributed by atoms with Crippen molar-refractivity contribution in [2.24, 2.45) is 0 Å². The predicted octanol–water partition coefficient (Wildman–Crippen LogP) is 4.60. The van der Waals surface area contributed by atoms with Gasteiger partial charge in [-0.15, -0.1) is 0 Å². The van der Waals surface area contributed by atoms with Crippen LogP contribution in [0.1, 0.15) is 26.5 Å². The molecule has 0 unspecified atom stereocenters. The van der Waals surface area contributed by atoms with Gasteiger partial charge in [0, 0.05) is 12.3 Å². The molecule has 0 aliphatic carbocycles. The minimum Gasteiger partial charge on any atom is -0.411 e. The second kappa shape index (κ2) is 5.38. The van der Waals surface area contributed by atoms with E-state index in [4.69, 9.17) is 4.43 Å². The van der Waals surface area contributed by atoms with E-state index in [2.05, 4.69) is 61.6 Å². The molecule has 110 valence electrons. The van der Waals surface area contributed by atoms with E-state index in [0.717, 1.165) is 14.8 Å².